The van der Waals surface area contributed by atoms with Crippen molar-refractivity contribution in [1.29, 1.82) is 0 Å². The largest absolute Gasteiger partial charge is 0.327 e. The van der Waals surface area contributed by atoms with Crippen molar-refractivity contribution in [3.05, 3.63) is 23.8 Å². The maximum absolute atomic E-state index is 5.96. The zero-order valence-corrected chi connectivity index (χ0v) is 10.3. The second-order valence-corrected chi connectivity index (χ2v) is 4.88. The molecule has 0 aliphatic heterocycles. The lowest BCUT2D eigenvalue weighted by Crippen LogP contribution is -2.12. The Kier molecular flexibility index (Phi) is 2.40. The Morgan fingerprint density at radius 3 is 2.88 bits per heavy atom. The smallest absolute Gasteiger partial charge is 0.126 e. The molecule has 90 valence electrons. The minimum Gasteiger partial charge on any atom is -0.327 e. The Labute approximate surface area is 101 Å². The molecule has 2 aromatic rings. The summed E-state index contributed by atoms with van der Waals surface area (Å²) in [5, 5.41) is 0. The highest BCUT2D eigenvalue weighted by molar-refractivity contribution is 5.75. The van der Waals surface area contributed by atoms with Crippen LogP contribution in [0.5, 0.6) is 0 Å². The van der Waals surface area contributed by atoms with E-state index in [2.05, 4.69) is 27.5 Å². The average Bonchev–Trinajstić information content (AvgIpc) is 3.09. The third-order valence-corrected chi connectivity index (χ3v) is 3.40. The molecule has 2 aromatic heterocycles. The first kappa shape index (κ1) is 10.7. The van der Waals surface area contributed by atoms with Crippen molar-refractivity contribution >= 4 is 11.0 Å². The molecule has 2 N–H and O–H groups in total. The zero-order valence-electron chi connectivity index (χ0n) is 10.3. The van der Waals surface area contributed by atoms with Crippen molar-refractivity contribution < 1.29 is 0 Å². The number of hydrogen-bond donors (Lipinski definition) is 1. The molecule has 1 aliphatic rings. The minimum absolute atomic E-state index is 0.0354. The Hall–Kier alpha value is -1.42. The maximum Gasteiger partial charge on any atom is 0.126 e. The minimum atomic E-state index is -0.0354. The second-order valence-electron chi connectivity index (χ2n) is 4.88. The van der Waals surface area contributed by atoms with Crippen molar-refractivity contribution in [3.8, 4) is 0 Å². The van der Waals surface area contributed by atoms with Gasteiger partial charge in [-0.3, -0.25) is 4.98 Å². The highest BCUT2D eigenvalue weighted by atomic mass is 15.1. The fourth-order valence-electron chi connectivity index (χ4n) is 2.34. The molecule has 0 spiro atoms. The van der Waals surface area contributed by atoms with Crippen molar-refractivity contribution in [1.82, 2.24) is 14.5 Å². The number of rotatable bonds is 3. The number of aromatic nitrogens is 3. The van der Waals surface area contributed by atoms with Gasteiger partial charge in [-0.1, -0.05) is 0 Å². The molecule has 3 rings (SSSR count). The maximum atomic E-state index is 5.96. The predicted octanol–water partition coefficient (Wildman–Crippen LogP) is 2.35. The summed E-state index contributed by atoms with van der Waals surface area (Å²) in [6.45, 7) is 5.01. The van der Waals surface area contributed by atoms with Crippen LogP contribution in [0.2, 0.25) is 0 Å². The van der Waals surface area contributed by atoms with Crippen molar-refractivity contribution in [3.63, 3.8) is 0 Å². The lowest BCUT2D eigenvalue weighted by Gasteiger charge is -2.08. The molecule has 1 atom stereocenters. The summed E-state index contributed by atoms with van der Waals surface area (Å²) >= 11 is 0. The average molecular weight is 230 g/mol. The molecule has 0 saturated heterocycles. The summed E-state index contributed by atoms with van der Waals surface area (Å²) in [5.41, 5.74) is 9.31. The van der Waals surface area contributed by atoms with Crippen LogP contribution in [0.1, 0.15) is 50.2 Å². The number of imidazole rings is 1. The monoisotopic (exact) mass is 230 g/mol. The van der Waals surface area contributed by atoms with Gasteiger partial charge >= 0.3 is 0 Å². The molecule has 2 heterocycles. The highest BCUT2D eigenvalue weighted by Gasteiger charge is 2.26. The molecular weight excluding hydrogens is 212 g/mol. The molecule has 0 aromatic carbocycles. The van der Waals surface area contributed by atoms with Gasteiger partial charge in [0.05, 0.1) is 17.8 Å². The number of hydrogen-bond acceptors (Lipinski definition) is 3. The van der Waals surface area contributed by atoms with E-state index in [-0.39, 0.29) is 6.04 Å². The fourth-order valence-corrected chi connectivity index (χ4v) is 2.34. The van der Waals surface area contributed by atoms with Crippen molar-refractivity contribution in [2.45, 2.75) is 45.2 Å². The molecule has 0 amide bonds. The molecule has 1 unspecified atom stereocenters. The van der Waals surface area contributed by atoms with E-state index < -0.39 is 0 Å². The van der Waals surface area contributed by atoms with Gasteiger partial charge in [-0.05, 0) is 32.8 Å². The fraction of sp³-hybridized carbons (Fsp3) is 0.538. The SMILES string of the molecule is CCn1c(C(C)N)nc2cnc(C3CC3)cc21. The third kappa shape index (κ3) is 1.72. The van der Waals surface area contributed by atoms with Gasteiger partial charge in [-0.15, -0.1) is 0 Å². The van der Waals surface area contributed by atoms with Gasteiger partial charge in [0.25, 0.3) is 0 Å². The molecular formula is C13H18N4. The topological polar surface area (TPSA) is 56.7 Å². The zero-order chi connectivity index (χ0) is 12.0. The van der Waals surface area contributed by atoms with E-state index in [4.69, 9.17) is 5.73 Å². The van der Waals surface area contributed by atoms with Gasteiger partial charge in [-0.25, -0.2) is 4.98 Å². The predicted molar refractivity (Wildman–Crippen MR) is 67.8 cm³/mol. The molecule has 1 saturated carbocycles. The second kappa shape index (κ2) is 3.81. The Balaban J connectivity index is 2.19. The number of fused-ring (bicyclic) bond motifs is 1. The molecule has 17 heavy (non-hydrogen) atoms. The summed E-state index contributed by atoms with van der Waals surface area (Å²) in [5.74, 6) is 1.63. The first-order valence-electron chi connectivity index (χ1n) is 6.32. The number of nitrogens with zero attached hydrogens (tertiary/aromatic N) is 3. The summed E-state index contributed by atoms with van der Waals surface area (Å²) in [4.78, 5) is 9.08. The van der Waals surface area contributed by atoms with E-state index in [1.807, 2.05) is 13.1 Å². The third-order valence-electron chi connectivity index (χ3n) is 3.40. The highest BCUT2D eigenvalue weighted by Crippen LogP contribution is 2.39. The van der Waals surface area contributed by atoms with Gasteiger partial charge in [0.15, 0.2) is 0 Å². The summed E-state index contributed by atoms with van der Waals surface area (Å²) < 4.78 is 2.20. The molecule has 1 aliphatic carbocycles. The van der Waals surface area contributed by atoms with E-state index in [0.717, 1.165) is 17.9 Å². The Morgan fingerprint density at radius 2 is 2.29 bits per heavy atom. The van der Waals surface area contributed by atoms with Gasteiger partial charge < -0.3 is 10.3 Å². The number of nitrogens with two attached hydrogens (primary N) is 1. The van der Waals surface area contributed by atoms with Crippen molar-refractivity contribution in [2.75, 3.05) is 0 Å². The van der Waals surface area contributed by atoms with Gasteiger partial charge in [0.2, 0.25) is 0 Å². The Bertz CT molecular complexity index is 552. The van der Waals surface area contributed by atoms with Crippen LogP contribution in [0.15, 0.2) is 12.3 Å². The van der Waals surface area contributed by atoms with E-state index in [9.17, 15) is 0 Å². The quantitative estimate of drug-likeness (QED) is 0.880. The van der Waals surface area contributed by atoms with Crippen LogP contribution in [-0.2, 0) is 6.54 Å². The molecule has 0 radical (unpaired) electrons. The Morgan fingerprint density at radius 1 is 1.53 bits per heavy atom. The van der Waals surface area contributed by atoms with Crippen LogP contribution in [0.25, 0.3) is 11.0 Å². The van der Waals surface area contributed by atoms with E-state index in [0.29, 0.717) is 5.92 Å². The van der Waals surface area contributed by atoms with E-state index in [1.165, 1.54) is 24.1 Å². The molecule has 0 bridgehead atoms. The first-order chi connectivity index (χ1) is 8.20. The van der Waals surface area contributed by atoms with Crippen molar-refractivity contribution in [2.24, 2.45) is 5.73 Å². The van der Waals surface area contributed by atoms with Gasteiger partial charge in [-0.2, -0.15) is 0 Å². The van der Waals surface area contributed by atoms with E-state index in [1.54, 1.807) is 0 Å². The standard InChI is InChI=1S/C13H18N4/c1-3-17-12-6-10(9-4-5-9)15-7-11(12)16-13(17)8(2)14/h6-9H,3-5,14H2,1-2H3. The van der Waals surface area contributed by atoms with Gasteiger partial charge in [0, 0.05) is 18.2 Å². The van der Waals surface area contributed by atoms with Crippen LogP contribution in [0.3, 0.4) is 0 Å². The number of pyridine rings is 1. The summed E-state index contributed by atoms with van der Waals surface area (Å²) in [6, 6.07) is 2.15. The number of aryl methyl sites for hydroxylation is 1. The van der Waals surface area contributed by atoms with Crippen LogP contribution in [0.4, 0.5) is 0 Å². The first-order valence-corrected chi connectivity index (χ1v) is 6.32. The normalized spacial score (nSPS) is 17.6. The van der Waals surface area contributed by atoms with Gasteiger partial charge in [0.1, 0.15) is 11.3 Å². The molecule has 4 heteroatoms. The van der Waals surface area contributed by atoms with Crippen LogP contribution in [0, 0.1) is 0 Å². The summed E-state index contributed by atoms with van der Waals surface area (Å²) in [6.07, 6.45) is 4.44. The molecule has 4 nitrogen and oxygen atoms in total. The lowest BCUT2D eigenvalue weighted by molar-refractivity contribution is 0.649. The summed E-state index contributed by atoms with van der Waals surface area (Å²) in [7, 11) is 0. The van der Waals surface area contributed by atoms with Crippen LogP contribution < -0.4 is 5.73 Å². The van der Waals surface area contributed by atoms with Crippen LogP contribution in [-0.4, -0.2) is 14.5 Å². The molecule has 1 fully saturated rings. The lowest BCUT2D eigenvalue weighted by atomic mass is 10.2. The van der Waals surface area contributed by atoms with E-state index >= 15 is 0 Å². The van der Waals surface area contributed by atoms with Crippen LogP contribution >= 0.6 is 0 Å².